The molecule has 0 aromatic carbocycles. The number of allylic oxidation sites excluding steroid dienone is 2. The Balaban J connectivity index is 4.14. The second-order valence-corrected chi connectivity index (χ2v) is 3.72. The van der Waals surface area contributed by atoms with Gasteiger partial charge in [-0.15, -0.1) is 0 Å². The average molecular weight is 208 g/mol. The standard InChI is InChI=1S/C13H20O2/c1-3-5-6-7-9-13(11-15)12(10-14)8-4-2/h3-9H2,1-2H3. The van der Waals surface area contributed by atoms with E-state index in [1.54, 1.807) is 0 Å². The second-order valence-electron chi connectivity index (χ2n) is 3.72. The van der Waals surface area contributed by atoms with Gasteiger partial charge < -0.3 is 0 Å². The molecule has 0 aliphatic heterocycles. The zero-order chi connectivity index (χ0) is 11.5. The van der Waals surface area contributed by atoms with Crippen LogP contribution in [0.5, 0.6) is 0 Å². The number of hydrogen-bond acceptors (Lipinski definition) is 2. The van der Waals surface area contributed by atoms with Crippen molar-refractivity contribution in [2.24, 2.45) is 0 Å². The van der Waals surface area contributed by atoms with Crippen molar-refractivity contribution < 1.29 is 9.59 Å². The maximum Gasteiger partial charge on any atom is 0.128 e. The van der Waals surface area contributed by atoms with Gasteiger partial charge in [-0.1, -0.05) is 39.5 Å². The molecule has 0 aromatic heterocycles. The first-order valence-electron chi connectivity index (χ1n) is 5.78. The van der Waals surface area contributed by atoms with Crippen molar-refractivity contribution in [1.82, 2.24) is 0 Å². The van der Waals surface area contributed by atoms with E-state index >= 15 is 0 Å². The number of hydrogen-bond donors (Lipinski definition) is 0. The van der Waals surface area contributed by atoms with Gasteiger partial charge in [0.1, 0.15) is 11.9 Å². The van der Waals surface area contributed by atoms with Crippen molar-refractivity contribution in [2.75, 3.05) is 0 Å². The molecule has 0 saturated heterocycles. The molecule has 0 rings (SSSR count). The SMILES string of the molecule is CCCCCCC(=C=O)C(=C=O)CCC. The molecule has 0 bridgehead atoms. The molecule has 2 nitrogen and oxygen atoms in total. The lowest BCUT2D eigenvalue weighted by atomic mass is 9.98. The molecule has 0 radical (unpaired) electrons. The Morgan fingerprint density at radius 2 is 1.40 bits per heavy atom. The molecule has 0 spiro atoms. The van der Waals surface area contributed by atoms with Gasteiger partial charge >= 0.3 is 0 Å². The number of unbranched alkanes of at least 4 members (excludes halogenated alkanes) is 3. The van der Waals surface area contributed by atoms with Crippen LogP contribution in [0.15, 0.2) is 11.1 Å². The summed E-state index contributed by atoms with van der Waals surface area (Å²) >= 11 is 0. The van der Waals surface area contributed by atoms with Crippen LogP contribution in [0.2, 0.25) is 0 Å². The third-order valence-corrected chi connectivity index (χ3v) is 2.39. The third-order valence-electron chi connectivity index (χ3n) is 2.39. The van der Waals surface area contributed by atoms with Crippen LogP contribution in [-0.2, 0) is 9.59 Å². The molecule has 0 saturated carbocycles. The van der Waals surface area contributed by atoms with E-state index in [0.29, 0.717) is 24.0 Å². The quantitative estimate of drug-likeness (QED) is 0.348. The highest BCUT2D eigenvalue weighted by molar-refractivity contribution is 5.71. The highest BCUT2D eigenvalue weighted by Crippen LogP contribution is 2.17. The van der Waals surface area contributed by atoms with Crippen LogP contribution < -0.4 is 0 Å². The van der Waals surface area contributed by atoms with E-state index < -0.39 is 0 Å². The molecular weight excluding hydrogens is 188 g/mol. The van der Waals surface area contributed by atoms with Crippen molar-refractivity contribution in [3.8, 4) is 0 Å². The normalized spacial score (nSPS) is 9.20. The van der Waals surface area contributed by atoms with Gasteiger partial charge in [0.2, 0.25) is 0 Å². The van der Waals surface area contributed by atoms with Gasteiger partial charge in [0, 0.05) is 0 Å². The highest BCUT2D eigenvalue weighted by atomic mass is 16.1. The van der Waals surface area contributed by atoms with Gasteiger partial charge in [-0.2, -0.15) is 0 Å². The summed E-state index contributed by atoms with van der Waals surface area (Å²) in [7, 11) is 0. The van der Waals surface area contributed by atoms with Crippen LogP contribution in [0.1, 0.15) is 58.8 Å². The van der Waals surface area contributed by atoms with Crippen molar-refractivity contribution in [3.63, 3.8) is 0 Å². The summed E-state index contributed by atoms with van der Waals surface area (Å²) in [5.74, 6) is 3.74. The van der Waals surface area contributed by atoms with Gasteiger partial charge in [-0.25, -0.2) is 9.59 Å². The molecule has 0 aliphatic carbocycles. The molecule has 0 aliphatic rings. The highest BCUT2D eigenvalue weighted by Gasteiger charge is 2.06. The first kappa shape index (κ1) is 13.9. The van der Waals surface area contributed by atoms with Gasteiger partial charge in [-0.05, 0) is 19.3 Å². The van der Waals surface area contributed by atoms with E-state index in [2.05, 4.69) is 6.92 Å². The Morgan fingerprint density at radius 3 is 1.87 bits per heavy atom. The minimum atomic E-state index is 0.518. The zero-order valence-electron chi connectivity index (χ0n) is 9.77. The molecule has 15 heavy (non-hydrogen) atoms. The smallest absolute Gasteiger partial charge is 0.128 e. The Kier molecular flexibility index (Phi) is 8.76. The predicted molar refractivity (Wildman–Crippen MR) is 62.1 cm³/mol. The zero-order valence-corrected chi connectivity index (χ0v) is 9.77. The maximum absolute atomic E-state index is 10.7. The van der Waals surface area contributed by atoms with Gasteiger partial charge in [-0.3, -0.25) is 0 Å². The molecule has 0 N–H and O–H groups in total. The summed E-state index contributed by atoms with van der Waals surface area (Å²) in [5, 5.41) is 0. The fourth-order valence-electron chi connectivity index (χ4n) is 1.51. The van der Waals surface area contributed by atoms with E-state index in [-0.39, 0.29) is 0 Å². The summed E-state index contributed by atoms with van der Waals surface area (Å²) < 4.78 is 0. The minimum absolute atomic E-state index is 0.518. The van der Waals surface area contributed by atoms with E-state index in [1.807, 2.05) is 18.8 Å². The van der Waals surface area contributed by atoms with Gasteiger partial charge in [0.25, 0.3) is 0 Å². The molecule has 0 aromatic rings. The van der Waals surface area contributed by atoms with E-state index in [4.69, 9.17) is 0 Å². The minimum Gasteiger partial charge on any atom is -0.233 e. The third kappa shape index (κ3) is 6.06. The second kappa shape index (κ2) is 9.45. The lowest BCUT2D eigenvalue weighted by Crippen LogP contribution is -1.93. The summed E-state index contributed by atoms with van der Waals surface area (Å²) in [6.07, 6.45) is 6.61. The largest absolute Gasteiger partial charge is 0.233 e. The summed E-state index contributed by atoms with van der Waals surface area (Å²) in [4.78, 5) is 21.3. The fourth-order valence-corrected chi connectivity index (χ4v) is 1.51. The fraction of sp³-hybridized carbons (Fsp3) is 0.692. The Hall–Kier alpha value is -1.10. The molecule has 0 atom stereocenters. The maximum atomic E-state index is 10.7. The molecule has 0 unspecified atom stereocenters. The summed E-state index contributed by atoms with van der Waals surface area (Å²) in [5.41, 5.74) is 1.05. The molecule has 0 fully saturated rings. The van der Waals surface area contributed by atoms with Crippen LogP contribution in [-0.4, -0.2) is 11.9 Å². The Bertz CT molecular complexity index is 266. The van der Waals surface area contributed by atoms with Crippen molar-refractivity contribution in [1.29, 1.82) is 0 Å². The Labute approximate surface area is 92.1 Å². The first-order valence-corrected chi connectivity index (χ1v) is 5.78. The predicted octanol–water partition coefficient (Wildman–Crippen LogP) is 3.27. The van der Waals surface area contributed by atoms with Crippen LogP contribution in [0.4, 0.5) is 0 Å². The van der Waals surface area contributed by atoms with Crippen molar-refractivity contribution >= 4 is 11.9 Å². The van der Waals surface area contributed by atoms with Crippen LogP contribution in [0.25, 0.3) is 0 Å². The van der Waals surface area contributed by atoms with Crippen LogP contribution in [0, 0.1) is 0 Å². The van der Waals surface area contributed by atoms with Crippen molar-refractivity contribution in [2.45, 2.75) is 58.8 Å². The monoisotopic (exact) mass is 208 g/mol. The lowest BCUT2D eigenvalue weighted by molar-refractivity contribution is 0.560. The first-order chi connectivity index (χ1) is 7.29. The molecule has 0 amide bonds. The molecule has 0 heterocycles. The summed E-state index contributed by atoms with van der Waals surface area (Å²) in [6.45, 7) is 4.13. The number of carbonyl (C=O) groups excluding carboxylic acids is 2. The van der Waals surface area contributed by atoms with Crippen molar-refractivity contribution in [3.05, 3.63) is 11.1 Å². The van der Waals surface area contributed by atoms with Gasteiger partial charge in [0.15, 0.2) is 0 Å². The van der Waals surface area contributed by atoms with Gasteiger partial charge in [0.05, 0.1) is 11.1 Å². The average Bonchev–Trinajstić information content (AvgIpc) is 2.27. The molecule has 84 valence electrons. The van der Waals surface area contributed by atoms with E-state index in [1.165, 1.54) is 12.8 Å². The lowest BCUT2D eigenvalue weighted by Gasteiger charge is -2.03. The topological polar surface area (TPSA) is 34.1 Å². The van der Waals surface area contributed by atoms with Crippen LogP contribution >= 0.6 is 0 Å². The van der Waals surface area contributed by atoms with E-state index in [0.717, 1.165) is 19.3 Å². The summed E-state index contributed by atoms with van der Waals surface area (Å²) in [6, 6.07) is 0. The molecule has 2 heteroatoms. The number of rotatable bonds is 8. The van der Waals surface area contributed by atoms with Crippen LogP contribution in [0.3, 0.4) is 0 Å². The molecular formula is C13H20O2. The van der Waals surface area contributed by atoms with E-state index in [9.17, 15) is 9.59 Å². The Morgan fingerprint density at radius 1 is 0.800 bits per heavy atom.